The normalized spacial score (nSPS) is 17.1. The van der Waals surface area contributed by atoms with Gasteiger partial charge in [-0.15, -0.1) is 0 Å². The number of likely N-dealkylation sites (N-methyl/N-ethyl adjacent to an activating group) is 1. The number of carbonyl (C=O) groups is 3. The zero-order chi connectivity index (χ0) is 31.3. The zero-order valence-electron chi connectivity index (χ0n) is 25.9. The molecule has 0 aliphatic heterocycles. The Hall–Kier alpha value is -4.91. The Morgan fingerprint density at radius 1 is 0.822 bits per heavy atom. The third-order valence-electron chi connectivity index (χ3n) is 9.13. The molecule has 7 heteroatoms. The van der Waals surface area contributed by atoms with Gasteiger partial charge in [0.15, 0.2) is 0 Å². The van der Waals surface area contributed by atoms with Crippen molar-refractivity contribution >= 4 is 39.4 Å². The molecular formula is C38H40N4O3. The standard InChI is InChI=1S/C38H40N4O3/c1-25-15-17-26(18-16-25)23-36(43)42(2)35(22-27-19-20-28-9-3-4-10-29(28)21-27)38(45)41-34-14-8-7-13-33(34)40-37(44)31-24-39-32-12-6-5-11-30(31)32/h3-6,9-12,15-21,24,33-35,39H,7-8,13-14,22-23H2,1-2H3,(H,40,44)(H,41,45)/t33-,34?,35+/m0/s1. The average molecular weight is 601 g/mol. The Kier molecular flexibility index (Phi) is 8.96. The van der Waals surface area contributed by atoms with Gasteiger partial charge in [-0.05, 0) is 47.7 Å². The van der Waals surface area contributed by atoms with Crippen LogP contribution in [0.4, 0.5) is 0 Å². The lowest BCUT2D eigenvalue weighted by Gasteiger charge is -2.35. The minimum absolute atomic E-state index is 0.118. The van der Waals surface area contributed by atoms with Crippen LogP contribution in [0.2, 0.25) is 0 Å². The van der Waals surface area contributed by atoms with Crippen molar-refractivity contribution < 1.29 is 14.4 Å². The fourth-order valence-corrected chi connectivity index (χ4v) is 6.43. The van der Waals surface area contributed by atoms with Gasteiger partial charge in [-0.2, -0.15) is 0 Å². The van der Waals surface area contributed by atoms with Crippen LogP contribution in [0, 0.1) is 6.92 Å². The maximum Gasteiger partial charge on any atom is 0.253 e. The predicted octanol–water partition coefficient (Wildman–Crippen LogP) is 6.10. The second-order valence-corrected chi connectivity index (χ2v) is 12.3. The summed E-state index contributed by atoms with van der Waals surface area (Å²) in [4.78, 5) is 45.9. The number of hydrogen-bond acceptors (Lipinski definition) is 3. The Labute approximate surface area is 264 Å². The molecule has 1 heterocycles. The van der Waals surface area contributed by atoms with Gasteiger partial charge < -0.3 is 20.5 Å². The van der Waals surface area contributed by atoms with Crippen LogP contribution in [0.15, 0.2) is 97.2 Å². The fourth-order valence-electron chi connectivity index (χ4n) is 6.43. The van der Waals surface area contributed by atoms with Gasteiger partial charge in [-0.25, -0.2) is 0 Å². The summed E-state index contributed by atoms with van der Waals surface area (Å²) in [6, 6.07) is 28.8. The number of nitrogens with zero attached hydrogens (tertiary/aromatic N) is 1. The van der Waals surface area contributed by atoms with Gasteiger partial charge in [-0.3, -0.25) is 14.4 Å². The van der Waals surface area contributed by atoms with E-state index >= 15 is 0 Å². The summed E-state index contributed by atoms with van der Waals surface area (Å²) in [5.74, 6) is -0.481. The number of para-hydroxylation sites is 1. The number of amides is 3. The van der Waals surface area contributed by atoms with E-state index in [1.165, 1.54) is 0 Å². The summed E-state index contributed by atoms with van der Waals surface area (Å²) in [6.45, 7) is 2.02. The topological polar surface area (TPSA) is 94.3 Å². The minimum atomic E-state index is -0.712. The van der Waals surface area contributed by atoms with Gasteiger partial charge in [0.2, 0.25) is 11.8 Å². The summed E-state index contributed by atoms with van der Waals surface area (Å²) in [5.41, 5.74) is 4.53. The summed E-state index contributed by atoms with van der Waals surface area (Å²) in [5, 5.41) is 9.57. The Morgan fingerprint density at radius 2 is 1.49 bits per heavy atom. The van der Waals surface area contributed by atoms with Crippen LogP contribution in [-0.2, 0) is 22.4 Å². The zero-order valence-corrected chi connectivity index (χ0v) is 25.9. The van der Waals surface area contributed by atoms with Crippen molar-refractivity contribution in [3.8, 4) is 0 Å². The molecule has 4 aromatic carbocycles. The lowest BCUT2D eigenvalue weighted by Crippen LogP contribution is -2.57. The minimum Gasteiger partial charge on any atom is -0.360 e. The summed E-state index contributed by atoms with van der Waals surface area (Å²) >= 11 is 0. The molecule has 1 aromatic heterocycles. The van der Waals surface area contributed by atoms with Crippen molar-refractivity contribution in [3.05, 3.63) is 119 Å². The number of fused-ring (bicyclic) bond motifs is 2. The maximum absolute atomic E-state index is 14.1. The second kappa shape index (κ2) is 13.4. The number of H-pyrrole nitrogens is 1. The van der Waals surface area contributed by atoms with Crippen molar-refractivity contribution in [2.24, 2.45) is 0 Å². The Bertz CT molecular complexity index is 1830. The van der Waals surface area contributed by atoms with Crippen molar-refractivity contribution in [3.63, 3.8) is 0 Å². The number of nitrogens with one attached hydrogen (secondary N) is 3. The van der Waals surface area contributed by atoms with E-state index in [1.54, 1.807) is 18.1 Å². The van der Waals surface area contributed by atoms with Crippen LogP contribution >= 0.6 is 0 Å². The largest absolute Gasteiger partial charge is 0.360 e. The van der Waals surface area contributed by atoms with Crippen molar-refractivity contribution in [1.29, 1.82) is 0 Å². The molecule has 1 unspecified atom stereocenters. The summed E-state index contributed by atoms with van der Waals surface area (Å²) < 4.78 is 0. The highest BCUT2D eigenvalue weighted by atomic mass is 16.2. The molecule has 6 rings (SSSR count). The van der Waals surface area contributed by atoms with E-state index in [0.717, 1.165) is 64.0 Å². The van der Waals surface area contributed by atoms with Crippen LogP contribution < -0.4 is 10.6 Å². The van der Waals surface area contributed by atoms with E-state index in [-0.39, 0.29) is 36.2 Å². The van der Waals surface area contributed by atoms with E-state index in [4.69, 9.17) is 0 Å². The van der Waals surface area contributed by atoms with Gasteiger partial charge in [0.05, 0.1) is 12.0 Å². The molecule has 7 nitrogen and oxygen atoms in total. The number of aryl methyl sites for hydroxylation is 1. The number of hydrogen-bond donors (Lipinski definition) is 3. The average Bonchev–Trinajstić information content (AvgIpc) is 3.49. The first-order valence-corrected chi connectivity index (χ1v) is 15.8. The van der Waals surface area contributed by atoms with Gasteiger partial charge in [0, 0.05) is 42.7 Å². The van der Waals surface area contributed by atoms with Crippen LogP contribution in [0.5, 0.6) is 0 Å². The van der Waals surface area contributed by atoms with E-state index in [0.29, 0.717) is 12.0 Å². The number of benzene rings is 4. The van der Waals surface area contributed by atoms with E-state index < -0.39 is 6.04 Å². The monoisotopic (exact) mass is 600 g/mol. The molecule has 3 atom stereocenters. The van der Waals surface area contributed by atoms with Crippen LogP contribution in [0.3, 0.4) is 0 Å². The van der Waals surface area contributed by atoms with Gasteiger partial charge in [0.1, 0.15) is 6.04 Å². The molecule has 230 valence electrons. The molecule has 0 spiro atoms. The molecule has 45 heavy (non-hydrogen) atoms. The van der Waals surface area contributed by atoms with Gasteiger partial charge in [-0.1, -0.05) is 103 Å². The molecular weight excluding hydrogens is 560 g/mol. The number of aromatic nitrogens is 1. The molecule has 0 saturated heterocycles. The Balaban J connectivity index is 1.21. The number of carbonyl (C=O) groups excluding carboxylic acids is 3. The highest BCUT2D eigenvalue weighted by Crippen LogP contribution is 2.23. The van der Waals surface area contributed by atoms with Crippen LogP contribution in [0.25, 0.3) is 21.7 Å². The van der Waals surface area contributed by atoms with Crippen molar-refractivity contribution in [1.82, 2.24) is 20.5 Å². The number of aromatic amines is 1. The van der Waals surface area contributed by atoms with E-state index in [1.807, 2.05) is 73.7 Å². The smallest absolute Gasteiger partial charge is 0.253 e. The maximum atomic E-state index is 14.1. The molecule has 1 saturated carbocycles. The molecule has 0 radical (unpaired) electrons. The third kappa shape index (κ3) is 6.93. The second-order valence-electron chi connectivity index (χ2n) is 12.3. The van der Waals surface area contributed by atoms with Gasteiger partial charge >= 0.3 is 0 Å². The Morgan fingerprint density at radius 3 is 2.27 bits per heavy atom. The van der Waals surface area contributed by atoms with Gasteiger partial charge in [0.25, 0.3) is 5.91 Å². The van der Waals surface area contributed by atoms with Crippen LogP contribution in [-0.4, -0.2) is 52.8 Å². The molecule has 1 aliphatic rings. The first-order chi connectivity index (χ1) is 21.9. The van der Waals surface area contributed by atoms with Crippen LogP contribution in [0.1, 0.15) is 52.7 Å². The highest BCUT2D eigenvalue weighted by Gasteiger charge is 2.33. The lowest BCUT2D eigenvalue weighted by atomic mass is 9.89. The lowest BCUT2D eigenvalue weighted by molar-refractivity contribution is -0.139. The number of rotatable bonds is 9. The summed E-state index contributed by atoms with van der Waals surface area (Å²) in [6.07, 6.45) is 5.80. The predicted molar refractivity (Wildman–Crippen MR) is 179 cm³/mol. The summed E-state index contributed by atoms with van der Waals surface area (Å²) in [7, 11) is 1.72. The molecule has 3 N–H and O–H groups in total. The fraction of sp³-hybridized carbons (Fsp3) is 0.289. The molecule has 1 fully saturated rings. The SMILES string of the molecule is Cc1ccc(CC(=O)N(C)[C@H](Cc2ccc3ccccc3c2)C(=O)NC2CCCC[C@@H]2NC(=O)c2c[nH]c3ccccc23)cc1. The van der Waals surface area contributed by atoms with E-state index in [2.05, 4.69) is 39.9 Å². The van der Waals surface area contributed by atoms with Crippen molar-refractivity contribution in [2.45, 2.75) is 63.6 Å². The highest BCUT2D eigenvalue weighted by molar-refractivity contribution is 6.06. The molecule has 0 bridgehead atoms. The molecule has 5 aromatic rings. The first-order valence-electron chi connectivity index (χ1n) is 15.8. The van der Waals surface area contributed by atoms with Crippen molar-refractivity contribution in [2.75, 3.05) is 7.05 Å². The molecule has 3 amide bonds. The quantitative estimate of drug-likeness (QED) is 0.191. The molecule has 1 aliphatic carbocycles. The van der Waals surface area contributed by atoms with E-state index in [9.17, 15) is 14.4 Å². The first kappa shape index (κ1) is 30.1. The third-order valence-corrected chi connectivity index (χ3v) is 9.13.